The maximum Gasteiger partial charge on any atom is 0.410 e. The van der Waals surface area contributed by atoms with Gasteiger partial charge >= 0.3 is 6.09 Å². The fourth-order valence-corrected chi connectivity index (χ4v) is 3.72. The van der Waals surface area contributed by atoms with Gasteiger partial charge in [0, 0.05) is 19.1 Å². The number of fused-ring (bicyclic) bond motifs is 1. The van der Waals surface area contributed by atoms with Gasteiger partial charge in [-0.25, -0.2) is 9.78 Å². The fourth-order valence-electron chi connectivity index (χ4n) is 3.72. The van der Waals surface area contributed by atoms with Crippen molar-refractivity contribution in [2.75, 3.05) is 6.54 Å². The van der Waals surface area contributed by atoms with E-state index in [-0.39, 0.29) is 30.0 Å². The first kappa shape index (κ1) is 17.8. The van der Waals surface area contributed by atoms with Crippen LogP contribution in [0.2, 0.25) is 0 Å². The molecule has 1 unspecified atom stereocenters. The lowest BCUT2D eigenvalue weighted by molar-refractivity contribution is -0.129. The molecule has 2 aliphatic heterocycles. The van der Waals surface area contributed by atoms with E-state index in [1.54, 1.807) is 11.2 Å². The number of amides is 2. The van der Waals surface area contributed by atoms with E-state index >= 15 is 0 Å². The summed E-state index contributed by atoms with van der Waals surface area (Å²) in [6.45, 7) is 9.01. The molecule has 0 radical (unpaired) electrons. The summed E-state index contributed by atoms with van der Waals surface area (Å²) in [5.41, 5.74) is 0.523. The molecule has 3 rings (SSSR count). The summed E-state index contributed by atoms with van der Waals surface area (Å²) in [6, 6.07) is -0.158. The third kappa shape index (κ3) is 3.80. The van der Waals surface area contributed by atoms with Crippen LogP contribution in [-0.4, -0.2) is 44.6 Å². The summed E-state index contributed by atoms with van der Waals surface area (Å²) in [6.07, 6.45) is 5.77. The maximum absolute atomic E-state index is 12.8. The predicted octanol–water partition coefficient (Wildman–Crippen LogP) is 2.48. The van der Waals surface area contributed by atoms with Gasteiger partial charge in [0.25, 0.3) is 0 Å². The van der Waals surface area contributed by atoms with E-state index in [4.69, 9.17) is 4.74 Å². The molecule has 2 aliphatic rings. The molecule has 1 saturated heterocycles. The van der Waals surface area contributed by atoms with E-state index < -0.39 is 5.60 Å². The Morgan fingerprint density at radius 1 is 1.28 bits per heavy atom. The number of piperidine rings is 1. The number of hydrogen-bond acceptors (Lipinski definition) is 4. The molecule has 1 aromatic rings. The van der Waals surface area contributed by atoms with Crippen molar-refractivity contribution in [1.82, 2.24) is 19.8 Å². The predicted molar refractivity (Wildman–Crippen MR) is 92.9 cm³/mol. The van der Waals surface area contributed by atoms with E-state index in [0.717, 1.165) is 31.5 Å². The smallest absolute Gasteiger partial charge is 0.410 e. The van der Waals surface area contributed by atoms with Crippen LogP contribution in [-0.2, 0) is 16.1 Å². The first-order valence-electron chi connectivity index (χ1n) is 9.06. The number of hydrogen-bond donors (Lipinski definition) is 1. The molecule has 7 nitrogen and oxygen atoms in total. The molecule has 3 atom stereocenters. The molecule has 2 amide bonds. The number of nitrogens with zero attached hydrogens (tertiary/aromatic N) is 3. The Morgan fingerprint density at radius 3 is 2.76 bits per heavy atom. The number of carbonyl (C=O) groups excluding carboxylic acids is 2. The van der Waals surface area contributed by atoms with Gasteiger partial charge in [-0.15, -0.1) is 0 Å². The van der Waals surface area contributed by atoms with E-state index in [1.807, 2.05) is 33.9 Å². The van der Waals surface area contributed by atoms with Crippen molar-refractivity contribution in [3.05, 3.63) is 18.2 Å². The largest absolute Gasteiger partial charge is 0.444 e. The lowest BCUT2D eigenvalue weighted by Gasteiger charge is -2.39. The minimum atomic E-state index is -0.533. The normalized spacial score (nSPS) is 26.2. The van der Waals surface area contributed by atoms with Crippen LogP contribution in [0.25, 0.3) is 0 Å². The molecule has 0 spiro atoms. The quantitative estimate of drug-likeness (QED) is 0.891. The van der Waals surface area contributed by atoms with Gasteiger partial charge in [0.15, 0.2) is 0 Å². The molecule has 0 bridgehead atoms. The van der Waals surface area contributed by atoms with Crippen LogP contribution in [0.1, 0.15) is 58.7 Å². The highest BCUT2D eigenvalue weighted by Crippen LogP contribution is 2.29. The van der Waals surface area contributed by atoms with Gasteiger partial charge < -0.3 is 19.5 Å². The van der Waals surface area contributed by atoms with Gasteiger partial charge in [-0.05, 0) is 47.0 Å². The number of aryl methyl sites for hydroxylation is 1. The third-order valence-corrected chi connectivity index (χ3v) is 5.03. The lowest BCUT2D eigenvalue weighted by Crippen LogP contribution is -2.52. The Bertz CT molecular complexity index is 649. The number of aromatic nitrogens is 2. The summed E-state index contributed by atoms with van der Waals surface area (Å²) in [5, 5.41) is 3.15. The summed E-state index contributed by atoms with van der Waals surface area (Å²) in [4.78, 5) is 31.1. The third-order valence-electron chi connectivity index (χ3n) is 5.03. The van der Waals surface area contributed by atoms with Gasteiger partial charge in [0.1, 0.15) is 5.60 Å². The van der Waals surface area contributed by atoms with E-state index in [9.17, 15) is 9.59 Å². The number of carbonyl (C=O) groups is 2. The highest BCUT2D eigenvalue weighted by molar-refractivity contribution is 5.81. The number of likely N-dealkylation sites (tertiary alicyclic amines) is 1. The summed E-state index contributed by atoms with van der Waals surface area (Å²) in [5.74, 6) is -0.196. The number of ether oxygens (including phenoxy) is 1. The molecule has 1 fully saturated rings. The molecule has 0 saturated carbocycles. The van der Waals surface area contributed by atoms with Crippen molar-refractivity contribution >= 4 is 12.0 Å². The number of nitrogens with one attached hydrogen (secondary N) is 1. The van der Waals surface area contributed by atoms with Crippen molar-refractivity contribution in [3.63, 3.8) is 0 Å². The maximum atomic E-state index is 12.8. The minimum Gasteiger partial charge on any atom is -0.444 e. The van der Waals surface area contributed by atoms with Crippen LogP contribution in [0.3, 0.4) is 0 Å². The highest BCUT2D eigenvalue weighted by Gasteiger charge is 2.38. The zero-order valence-electron chi connectivity index (χ0n) is 15.5. The molecule has 1 aromatic heterocycles. The van der Waals surface area contributed by atoms with Crippen molar-refractivity contribution in [1.29, 1.82) is 0 Å². The van der Waals surface area contributed by atoms with Gasteiger partial charge in [-0.2, -0.15) is 0 Å². The number of imidazole rings is 1. The van der Waals surface area contributed by atoms with Crippen LogP contribution < -0.4 is 5.32 Å². The second-order valence-electron chi connectivity index (χ2n) is 8.02. The summed E-state index contributed by atoms with van der Waals surface area (Å²) >= 11 is 0. The van der Waals surface area contributed by atoms with Crippen LogP contribution >= 0.6 is 0 Å². The lowest BCUT2D eigenvalue weighted by atomic mass is 9.89. The van der Waals surface area contributed by atoms with Crippen LogP contribution in [0.4, 0.5) is 4.79 Å². The average Bonchev–Trinajstić information content (AvgIpc) is 3.10. The molecule has 138 valence electrons. The second kappa shape index (κ2) is 6.69. The van der Waals surface area contributed by atoms with Crippen LogP contribution in [0.5, 0.6) is 0 Å². The topological polar surface area (TPSA) is 76.5 Å². The molecule has 3 heterocycles. The zero-order valence-corrected chi connectivity index (χ0v) is 15.5. The van der Waals surface area contributed by atoms with Crippen molar-refractivity contribution in [2.45, 2.75) is 71.2 Å². The monoisotopic (exact) mass is 348 g/mol. The first-order chi connectivity index (χ1) is 11.8. The first-order valence-corrected chi connectivity index (χ1v) is 9.06. The van der Waals surface area contributed by atoms with Crippen molar-refractivity contribution in [3.8, 4) is 0 Å². The Morgan fingerprint density at radius 2 is 2.04 bits per heavy atom. The molecule has 0 aromatic carbocycles. The molecule has 0 aliphatic carbocycles. The van der Waals surface area contributed by atoms with Gasteiger partial charge in [0.2, 0.25) is 5.91 Å². The van der Waals surface area contributed by atoms with E-state index in [0.29, 0.717) is 6.54 Å². The standard InChI is InChI=1S/C18H28N4O3/c1-12-13(6-5-8-22(12)17(24)25-18(2,3)4)16(23)20-14-7-9-21-11-19-10-15(14)21/h10-14H,5-9H2,1-4H3,(H,20,23)/t12-,13-,14?/m1/s1. The van der Waals surface area contributed by atoms with Gasteiger partial charge in [0.05, 0.1) is 30.2 Å². The van der Waals surface area contributed by atoms with Gasteiger partial charge in [-0.1, -0.05) is 0 Å². The Labute approximate surface area is 148 Å². The Balaban J connectivity index is 1.64. The highest BCUT2D eigenvalue weighted by atomic mass is 16.6. The molecule has 25 heavy (non-hydrogen) atoms. The van der Waals surface area contributed by atoms with Crippen LogP contribution in [0, 0.1) is 5.92 Å². The SMILES string of the molecule is C[C@@H]1[C@H](C(=O)NC2CCn3cncc32)CCCN1C(=O)OC(C)(C)C. The van der Waals surface area contributed by atoms with E-state index in [1.165, 1.54) is 0 Å². The van der Waals surface area contributed by atoms with Crippen molar-refractivity contribution in [2.24, 2.45) is 5.92 Å². The van der Waals surface area contributed by atoms with Crippen LogP contribution in [0.15, 0.2) is 12.5 Å². The van der Waals surface area contributed by atoms with Crippen molar-refractivity contribution < 1.29 is 14.3 Å². The second-order valence-corrected chi connectivity index (χ2v) is 8.02. The molecule has 1 N–H and O–H groups in total. The Kier molecular flexibility index (Phi) is 4.75. The average molecular weight is 348 g/mol. The molecular weight excluding hydrogens is 320 g/mol. The van der Waals surface area contributed by atoms with E-state index in [2.05, 4.69) is 14.9 Å². The minimum absolute atomic E-state index is 0.0131. The zero-order chi connectivity index (χ0) is 18.2. The fraction of sp³-hybridized carbons (Fsp3) is 0.722. The molecular formula is C18H28N4O3. The van der Waals surface area contributed by atoms with Gasteiger partial charge in [-0.3, -0.25) is 4.79 Å². The summed E-state index contributed by atoms with van der Waals surface area (Å²) < 4.78 is 7.56. The molecule has 7 heteroatoms. The number of rotatable bonds is 2. The Hall–Kier alpha value is -2.05. The summed E-state index contributed by atoms with van der Waals surface area (Å²) in [7, 11) is 0.